The number of amides is 1. The maximum absolute atomic E-state index is 12.4. The Kier molecular flexibility index (Phi) is 3.87. The van der Waals surface area contributed by atoms with Crippen molar-refractivity contribution in [2.75, 3.05) is 11.9 Å². The number of benzene rings is 1. The van der Waals surface area contributed by atoms with E-state index in [1.807, 2.05) is 45.0 Å². The second-order valence-corrected chi connectivity index (χ2v) is 7.23. The van der Waals surface area contributed by atoms with Crippen molar-refractivity contribution < 1.29 is 9.53 Å². The number of para-hydroxylation sites is 1. The maximum atomic E-state index is 12.4. The van der Waals surface area contributed by atoms with E-state index in [0.717, 1.165) is 17.1 Å². The van der Waals surface area contributed by atoms with Gasteiger partial charge in [0.1, 0.15) is 18.2 Å². The zero-order valence-corrected chi connectivity index (χ0v) is 13.7. The average molecular weight is 317 g/mol. The van der Waals surface area contributed by atoms with Gasteiger partial charge in [-0.25, -0.2) is 4.98 Å². The lowest BCUT2D eigenvalue weighted by molar-refractivity contribution is -0.121. The molecule has 2 aromatic rings. The molecule has 6 heteroatoms. The first-order valence-corrected chi connectivity index (χ1v) is 8.06. The molecule has 0 saturated carbocycles. The molecule has 0 spiro atoms. The molecular formula is C16H19N3O2S. The van der Waals surface area contributed by atoms with Crippen molar-refractivity contribution in [1.29, 1.82) is 0 Å². The third kappa shape index (κ3) is 3.11. The first-order valence-electron chi connectivity index (χ1n) is 7.29. The fourth-order valence-electron chi connectivity index (χ4n) is 2.28. The van der Waals surface area contributed by atoms with E-state index in [4.69, 9.17) is 4.74 Å². The Labute approximate surface area is 133 Å². The molecule has 1 aliphatic heterocycles. The number of hydrogen-bond donors (Lipinski definition) is 1. The molecule has 3 rings (SSSR count). The molecule has 1 atom stereocenters. The molecule has 0 radical (unpaired) electrons. The molecule has 0 bridgehead atoms. The van der Waals surface area contributed by atoms with E-state index >= 15 is 0 Å². The summed E-state index contributed by atoms with van der Waals surface area (Å²) in [7, 11) is 0. The number of aromatic nitrogens is 2. The van der Waals surface area contributed by atoms with E-state index in [9.17, 15) is 4.79 Å². The topological polar surface area (TPSA) is 64.1 Å². The van der Waals surface area contributed by atoms with Crippen molar-refractivity contribution >= 4 is 22.6 Å². The molecule has 2 heterocycles. The normalized spacial score (nSPS) is 17.5. The highest BCUT2D eigenvalue weighted by atomic mass is 32.1. The van der Waals surface area contributed by atoms with Gasteiger partial charge in [-0.05, 0) is 18.1 Å². The fourth-order valence-corrected chi connectivity index (χ4v) is 3.04. The summed E-state index contributed by atoms with van der Waals surface area (Å²) in [6.45, 7) is 6.54. The van der Waals surface area contributed by atoms with Crippen molar-refractivity contribution in [3.63, 3.8) is 0 Å². The first-order chi connectivity index (χ1) is 10.4. The molecule has 0 saturated heterocycles. The summed E-state index contributed by atoms with van der Waals surface area (Å²) in [6, 6.07) is 7.83. The molecule has 1 N–H and O–H groups in total. The number of carbonyl (C=O) groups is 1. The first kappa shape index (κ1) is 15.0. The number of ether oxygens (including phenoxy) is 1. The van der Waals surface area contributed by atoms with Crippen LogP contribution in [0.25, 0.3) is 0 Å². The minimum Gasteiger partial charge on any atom is -0.492 e. The Morgan fingerprint density at radius 3 is 2.86 bits per heavy atom. The van der Waals surface area contributed by atoms with Gasteiger partial charge < -0.3 is 10.1 Å². The Morgan fingerprint density at radius 1 is 1.36 bits per heavy atom. The van der Waals surface area contributed by atoms with Crippen LogP contribution in [0, 0.1) is 5.92 Å². The summed E-state index contributed by atoms with van der Waals surface area (Å²) in [5.74, 6) is 1.36. The van der Waals surface area contributed by atoms with Gasteiger partial charge in [-0.2, -0.15) is 4.37 Å². The lowest BCUT2D eigenvalue weighted by atomic mass is 9.96. The Balaban J connectivity index is 1.67. The molecule has 1 amide bonds. The van der Waals surface area contributed by atoms with E-state index in [-0.39, 0.29) is 17.2 Å². The van der Waals surface area contributed by atoms with Crippen molar-refractivity contribution in [3.05, 3.63) is 35.7 Å². The molecule has 1 unspecified atom stereocenters. The molecule has 1 aromatic heterocycles. The number of rotatable bonds is 2. The third-order valence-corrected chi connectivity index (χ3v) is 4.21. The summed E-state index contributed by atoms with van der Waals surface area (Å²) in [5.41, 5.74) is 0.952. The van der Waals surface area contributed by atoms with Gasteiger partial charge in [0.25, 0.3) is 0 Å². The summed E-state index contributed by atoms with van der Waals surface area (Å²) in [6.07, 6.45) is 0.687. The Morgan fingerprint density at radius 2 is 2.14 bits per heavy atom. The van der Waals surface area contributed by atoms with Crippen LogP contribution in [0.2, 0.25) is 0 Å². The van der Waals surface area contributed by atoms with Gasteiger partial charge in [-0.1, -0.05) is 39.0 Å². The molecular weight excluding hydrogens is 298 g/mol. The van der Waals surface area contributed by atoms with E-state index in [1.165, 1.54) is 11.5 Å². The zero-order valence-electron chi connectivity index (χ0n) is 12.9. The van der Waals surface area contributed by atoms with Gasteiger partial charge in [-0.15, -0.1) is 0 Å². The maximum Gasteiger partial charge on any atom is 0.233 e. The van der Waals surface area contributed by atoms with Gasteiger partial charge in [0.2, 0.25) is 11.0 Å². The molecule has 116 valence electrons. The third-order valence-electron chi connectivity index (χ3n) is 3.58. The predicted molar refractivity (Wildman–Crippen MR) is 86.4 cm³/mol. The highest BCUT2D eigenvalue weighted by Crippen LogP contribution is 2.28. The molecule has 1 aliphatic rings. The van der Waals surface area contributed by atoms with Crippen LogP contribution in [0.3, 0.4) is 0 Å². The number of fused-ring (bicyclic) bond motifs is 1. The van der Waals surface area contributed by atoms with Crippen LogP contribution < -0.4 is 10.1 Å². The SMILES string of the molecule is CC(C)(C)c1nsc(NC(=O)C2COc3ccccc3C2)n1. The number of nitrogens with one attached hydrogen (secondary N) is 1. The van der Waals surface area contributed by atoms with E-state index in [2.05, 4.69) is 14.7 Å². The fraction of sp³-hybridized carbons (Fsp3) is 0.438. The van der Waals surface area contributed by atoms with Crippen LogP contribution in [0.15, 0.2) is 24.3 Å². The quantitative estimate of drug-likeness (QED) is 0.924. The molecule has 1 aromatic carbocycles. The number of hydrogen-bond acceptors (Lipinski definition) is 5. The van der Waals surface area contributed by atoms with Crippen molar-refractivity contribution in [2.45, 2.75) is 32.6 Å². The number of carbonyl (C=O) groups excluding carboxylic acids is 1. The van der Waals surface area contributed by atoms with E-state index in [0.29, 0.717) is 18.2 Å². The lowest BCUT2D eigenvalue weighted by Crippen LogP contribution is -2.32. The van der Waals surface area contributed by atoms with Crippen molar-refractivity contribution in [2.24, 2.45) is 5.92 Å². The van der Waals surface area contributed by atoms with Gasteiger partial charge in [0, 0.05) is 16.9 Å². The van der Waals surface area contributed by atoms with Crippen LogP contribution in [0.5, 0.6) is 5.75 Å². The summed E-state index contributed by atoms with van der Waals surface area (Å²) >= 11 is 1.22. The van der Waals surface area contributed by atoms with Gasteiger partial charge in [-0.3, -0.25) is 4.79 Å². The lowest BCUT2D eigenvalue weighted by Gasteiger charge is -2.24. The van der Waals surface area contributed by atoms with Crippen LogP contribution in [-0.4, -0.2) is 21.9 Å². The zero-order chi connectivity index (χ0) is 15.7. The van der Waals surface area contributed by atoms with Gasteiger partial charge in [0.15, 0.2) is 0 Å². The van der Waals surface area contributed by atoms with E-state index in [1.54, 1.807) is 0 Å². The van der Waals surface area contributed by atoms with Gasteiger partial charge in [0.05, 0.1) is 5.92 Å². The van der Waals surface area contributed by atoms with Crippen LogP contribution in [0.1, 0.15) is 32.2 Å². The second-order valence-electron chi connectivity index (χ2n) is 6.48. The van der Waals surface area contributed by atoms with Crippen LogP contribution in [-0.2, 0) is 16.6 Å². The summed E-state index contributed by atoms with van der Waals surface area (Å²) < 4.78 is 9.97. The number of nitrogens with zero attached hydrogens (tertiary/aromatic N) is 2. The highest BCUT2D eigenvalue weighted by molar-refractivity contribution is 7.09. The van der Waals surface area contributed by atoms with E-state index < -0.39 is 0 Å². The smallest absolute Gasteiger partial charge is 0.233 e. The molecule has 5 nitrogen and oxygen atoms in total. The standard InChI is InChI=1S/C16H19N3O2S/c1-16(2,3)14-18-15(22-19-14)17-13(20)11-8-10-6-4-5-7-12(10)21-9-11/h4-7,11H,8-9H2,1-3H3,(H,17,18,19,20). The largest absolute Gasteiger partial charge is 0.492 e. The minimum absolute atomic E-state index is 0.0638. The summed E-state index contributed by atoms with van der Waals surface area (Å²) in [5, 5.41) is 3.41. The molecule has 22 heavy (non-hydrogen) atoms. The summed E-state index contributed by atoms with van der Waals surface area (Å²) in [4.78, 5) is 16.8. The Hall–Kier alpha value is -1.95. The van der Waals surface area contributed by atoms with Crippen molar-refractivity contribution in [3.8, 4) is 5.75 Å². The van der Waals surface area contributed by atoms with Gasteiger partial charge >= 0.3 is 0 Å². The monoisotopic (exact) mass is 317 g/mol. The Bertz CT molecular complexity index is 691. The predicted octanol–water partition coefficient (Wildman–Crippen LogP) is 3.03. The number of anilines is 1. The highest BCUT2D eigenvalue weighted by Gasteiger charge is 2.27. The van der Waals surface area contributed by atoms with Crippen molar-refractivity contribution in [1.82, 2.24) is 9.36 Å². The molecule has 0 aliphatic carbocycles. The minimum atomic E-state index is -0.197. The second kappa shape index (κ2) is 5.68. The van der Waals surface area contributed by atoms with Crippen LogP contribution >= 0.6 is 11.5 Å². The molecule has 0 fully saturated rings. The average Bonchev–Trinajstić information content (AvgIpc) is 2.95. The van der Waals surface area contributed by atoms with Crippen LogP contribution in [0.4, 0.5) is 5.13 Å².